The summed E-state index contributed by atoms with van der Waals surface area (Å²) >= 11 is 6.19. The second kappa shape index (κ2) is 7.32. The molecule has 0 bridgehead atoms. The average Bonchev–Trinajstić information content (AvgIpc) is 2.48. The molecule has 0 heterocycles. The Morgan fingerprint density at radius 3 is 2.55 bits per heavy atom. The van der Waals surface area contributed by atoms with Crippen molar-refractivity contribution in [2.45, 2.75) is 26.4 Å². The van der Waals surface area contributed by atoms with Crippen molar-refractivity contribution in [3.05, 3.63) is 64.7 Å². The number of hydrogen-bond donors (Lipinski definition) is 1. The van der Waals surface area contributed by atoms with E-state index < -0.39 is 0 Å². The molecular weight excluding hydrogens is 270 g/mol. The van der Waals surface area contributed by atoms with Gasteiger partial charge in [-0.2, -0.15) is 0 Å². The summed E-state index contributed by atoms with van der Waals surface area (Å²) in [6, 6.07) is 16.6. The normalized spacial score (nSPS) is 12.2. The Hall–Kier alpha value is -1.51. The molecule has 0 unspecified atom stereocenters. The van der Waals surface area contributed by atoms with Gasteiger partial charge in [0.05, 0.1) is 11.6 Å². The zero-order chi connectivity index (χ0) is 14.4. The third-order valence-corrected chi connectivity index (χ3v) is 3.50. The van der Waals surface area contributed by atoms with Crippen molar-refractivity contribution in [2.75, 3.05) is 6.61 Å². The van der Waals surface area contributed by atoms with Crippen LogP contribution in [0.25, 0.3) is 0 Å². The fraction of sp³-hybridized carbons (Fsp3) is 0.294. The van der Waals surface area contributed by atoms with Crippen LogP contribution in [0.3, 0.4) is 0 Å². The first-order chi connectivity index (χ1) is 9.70. The van der Waals surface area contributed by atoms with E-state index in [1.807, 2.05) is 31.2 Å². The number of nitrogens with one attached hydrogen (secondary N) is 1. The van der Waals surface area contributed by atoms with Gasteiger partial charge in [0.1, 0.15) is 5.75 Å². The molecule has 2 aromatic carbocycles. The van der Waals surface area contributed by atoms with Crippen LogP contribution in [0.2, 0.25) is 5.02 Å². The predicted octanol–water partition coefficient (Wildman–Crippen LogP) is 4.59. The number of benzene rings is 2. The molecule has 2 rings (SSSR count). The van der Waals surface area contributed by atoms with Crippen LogP contribution in [0, 0.1) is 0 Å². The van der Waals surface area contributed by atoms with E-state index >= 15 is 0 Å². The molecule has 0 aliphatic carbocycles. The molecule has 0 spiro atoms. The molecule has 0 fully saturated rings. The quantitative estimate of drug-likeness (QED) is 0.840. The van der Waals surface area contributed by atoms with Crippen molar-refractivity contribution < 1.29 is 4.74 Å². The Morgan fingerprint density at radius 2 is 1.90 bits per heavy atom. The summed E-state index contributed by atoms with van der Waals surface area (Å²) < 4.78 is 5.43. The fourth-order valence-electron chi connectivity index (χ4n) is 2.06. The van der Waals surface area contributed by atoms with Gasteiger partial charge >= 0.3 is 0 Å². The Morgan fingerprint density at radius 1 is 1.15 bits per heavy atom. The lowest BCUT2D eigenvalue weighted by atomic mass is 10.1. The molecule has 0 saturated carbocycles. The Labute approximate surface area is 125 Å². The van der Waals surface area contributed by atoms with Crippen LogP contribution in [-0.2, 0) is 6.54 Å². The van der Waals surface area contributed by atoms with Crippen molar-refractivity contribution in [2.24, 2.45) is 0 Å². The first-order valence-corrected chi connectivity index (χ1v) is 7.28. The van der Waals surface area contributed by atoms with E-state index in [2.05, 4.69) is 36.5 Å². The summed E-state index contributed by atoms with van der Waals surface area (Å²) in [5.74, 6) is 0.744. The summed E-state index contributed by atoms with van der Waals surface area (Å²) in [7, 11) is 0. The minimum Gasteiger partial charge on any atom is -0.492 e. The molecule has 1 N–H and O–H groups in total. The van der Waals surface area contributed by atoms with Gasteiger partial charge in [-0.05, 0) is 37.1 Å². The maximum atomic E-state index is 6.19. The highest BCUT2D eigenvalue weighted by Gasteiger charge is 2.06. The van der Waals surface area contributed by atoms with E-state index in [-0.39, 0.29) is 0 Å². The van der Waals surface area contributed by atoms with Crippen LogP contribution < -0.4 is 10.1 Å². The molecule has 0 aliphatic rings. The van der Waals surface area contributed by atoms with Crippen LogP contribution in [-0.4, -0.2) is 6.61 Å². The second-order valence-corrected chi connectivity index (χ2v) is 5.12. The molecule has 20 heavy (non-hydrogen) atoms. The van der Waals surface area contributed by atoms with Crippen molar-refractivity contribution in [1.82, 2.24) is 5.32 Å². The summed E-state index contributed by atoms with van der Waals surface area (Å²) in [6.07, 6.45) is 0. The highest BCUT2D eigenvalue weighted by atomic mass is 35.5. The van der Waals surface area contributed by atoms with E-state index in [1.54, 1.807) is 0 Å². The molecule has 0 saturated heterocycles. The monoisotopic (exact) mass is 289 g/mol. The smallest absolute Gasteiger partial charge is 0.137 e. The number of ether oxygens (including phenoxy) is 1. The largest absolute Gasteiger partial charge is 0.492 e. The zero-order valence-corrected chi connectivity index (χ0v) is 12.7. The van der Waals surface area contributed by atoms with Gasteiger partial charge in [-0.25, -0.2) is 0 Å². The van der Waals surface area contributed by atoms with E-state index in [1.165, 1.54) is 5.56 Å². The first kappa shape index (κ1) is 14.9. The molecule has 0 aromatic heterocycles. The van der Waals surface area contributed by atoms with Crippen LogP contribution in [0.4, 0.5) is 0 Å². The van der Waals surface area contributed by atoms with Crippen LogP contribution >= 0.6 is 11.6 Å². The third-order valence-electron chi connectivity index (χ3n) is 3.21. The van der Waals surface area contributed by atoms with Gasteiger partial charge in [0.2, 0.25) is 0 Å². The zero-order valence-electron chi connectivity index (χ0n) is 11.9. The SMILES string of the molecule is CCOc1ccc(CN[C@H](C)c2ccccc2)cc1Cl. The topological polar surface area (TPSA) is 21.3 Å². The van der Waals surface area contributed by atoms with E-state index in [0.29, 0.717) is 17.7 Å². The maximum absolute atomic E-state index is 6.19. The Kier molecular flexibility index (Phi) is 5.45. The number of halogens is 1. The van der Waals surface area contributed by atoms with Gasteiger partial charge < -0.3 is 10.1 Å². The highest BCUT2D eigenvalue weighted by molar-refractivity contribution is 6.32. The standard InChI is InChI=1S/C17H20ClNO/c1-3-20-17-10-9-14(11-16(17)18)12-19-13(2)15-7-5-4-6-8-15/h4-11,13,19H,3,12H2,1-2H3/t13-/m1/s1. The molecule has 0 amide bonds. The molecule has 0 radical (unpaired) electrons. The average molecular weight is 290 g/mol. The summed E-state index contributed by atoms with van der Waals surface area (Å²) in [5.41, 5.74) is 2.44. The van der Waals surface area contributed by atoms with Crippen molar-refractivity contribution in [3.8, 4) is 5.75 Å². The number of rotatable bonds is 6. The molecule has 0 aliphatic heterocycles. The third kappa shape index (κ3) is 3.99. The highest BCUT2D eigenvalue weighted by Crippen LogP contribution is 2.25. The molecule has 106 valence electrons. The van der Waals surface area contributed by atoms with Crippen molar-refractivity contribution in [3.63, 3.8) is 0 Å². The van der Waals surface area contributed by atoms with Crippen LogP contribution in [0.5, 0.6) is 5.75 Å². The lowest BCUT2D eigenvalue weighted by Gasteiger charge is -2.15. The number of hydrogen-bond acceptors (Lipinski definition) is 2. The Bertz CT molecular complexity index is 542. The molecule has 1 atom stereocenters. The minimum absolute atomic E-state index is 0.307. The van der Waals surface area contributed by atoms with Crippen molar-refractivity contribution >= 4 is 11.6 Å². The maximum Gasteiger partial charge on any atom is 0.137 e. The second-order valence-electron chi connectivity index (χ2n) is 4.71. The van der Waals surface area contributed by atoms with Crippen LogP contribution in [0.1, 0.15) is 31.0 Å². The molecule has 3 heteroatoms. The van der Waals surface area contributed by atoms with Gasteiger partial charge in [-0.1, -0.05) is 48.0 Å². The minimum atomic E-state index is 0.307. The summed E-state index contributed by atoms with van der Waals surface area (Å²) in [4.78, 5) is 0. The van der Waals surface area contributed by atoms with Gasteiger partial charge in [-0.3, -0.25) is 0 Å². The summed E-state index contributed by atoms with van der Waals surface area (Å²) in [5, 5.41) is 4.16. The van der Waals surface area contributed by atoms with Gasteiger partial charge in [-0.15, -0.1) is 0 Å². The van der Waals surface area contributed by atoms with Gasteiger partial charge in [0.15, 0.2) is 0 Å². The van der Waals surface area contributed by atoms with Gasteiger partial charge in [0, 0.05) is 12.6 Å². The fourth-order valence-corrected chi connectivity index (χ4v) is 2.32. The molecule has 2 nitrogen and oxygen atoms in total. The lowest BCUT2D eigenvalue weighted by Crippen LogP contribution is -2.17. The van der Waals surface area contributed by atoms with E-state index in [0.717, 1.165) is 17.9 Å². The van der Waals surface area contributed by atoms with E-state index in [4.69, 9.17) is 16.3 Å². The van der Waals surface area contributed by atoms with Crippen molar-refractivity contribution in [1.29, 1.82) is 0 Å². The van der Waals surface area contributed by atoms with Gasteiger partial charge in [0.25, 0.3) is 0 Å². The molecular formula is C17H20ClNO. The predicted molar refractivity (Wildman–Crippen MR) is 84.3 cm³/mol. The first-order valence-electron chi connectivity index (χ1n) is 6.90. The Balaban J connectivity index is 1.96. The van der Waals surface area contributed by atoms with Crippen LogP contribution in [0.15, 0.2) is 48.5 Å². The molecule has 2 aromatic rings. The summed E-state index contributed by atoms with van der Waals surface area (Å²) in [6.45, 7) is 5.52. The van der Waals surface area contributed by atoms with E-state index in [9.17, 15) is 0 Å². The lowest BCUT2D eigenvalue weighted by molar-refractivity contribution is 0.340.